The average molecular weight is 212 g/mol. The van der Waals surface area contributed by atoms with Gasteiger partial charge in [-0.15, -0.1) is 0 Å². The number of aromatic hydroxyl groups is 1. The van der Waals surface area contributed by atoms with E-state index in [1.54, 1.807) is 18.2 Å². The fourth-order valence-corrected chi connectivity index (χ4v) is 1.06. The monoisotopic (exact) mass is 212 g/mol. The van der Waals surface area contributed by atoms with E-state index in [1.807, 2.05) is 0 Å². The zero-order valence-corrected chi connectivity index (χ0v) is 8.27. The molecule has 2 rings (SSSR count). The maximum atomic E-state index is 9.25. The summed E-state index contributed by atoms with van der Waals surface area (Å²) in [5.41, 5.74) is 0. The van der Waals surface area contributed by atoms with E-state index in [0.717, 1.165) is 6.92 Å². The van der Waals surface area contributed by atoms with Gasteiger partial charge in [0.1, 0.15) is 13.2 Å². The highest BCUT2D eigenvalue weighted by molar-refractivity contribution is 5.62. The number of rotatable bonds is 0. The Kier molecular flexibility index (Phi) is 3.79. The molecule has 0 saturated carbocycles. The Morgan fingerprint density at radius 3 is 2.53 bits per heavy atom. The Labute approximate surface area is 86.9 Å². The molecule has 2 N–H and O–H groups in total. The van der Waals surface area contributed by atoms with E-state index in [2.05, 4.69) is 0 Å². The first-order chi connectivity index (χ1) is 7.11. The number of ether oxygens (including phenoxy) is 2. The van der Waals surface area contributed by atoms with Crippen LogP contribution < -0.4 is 9.47 Å². The summed E-state index contributed by atoms with van der Waals surface area (Å²) in [5, 5.41) is 16.7. The van der Waals surface area contributed by atoms with Crippen molar-refractivity contribution in [2.75, 3.05) is 13.2 Å². The van der Waals surface area contributed by atoms with Crippen LogP contribution in [0.2, 0.25) is 0 Å². The van der Waals surface area contributed by atoms with Crippen LogP contribution in [0.4, 0.5) is 0 Å². The third kappa shape index (κ3) is 3.38. The summed E-state index contributed by atoms with van der Waals surface area (Å²) in [4.78, 5) is 9.00. The predicted octanol–water partition coefficient (Wildman–Crippen LogP) is 1.25. The molecule has 0 saturated heterocycles. The molecule has 0 aromatic heterocycles. The molecule has 0 atom stereocenters. The van der Waals surface area contributed by atoms with Crippen LogP contribution in [0.15, 0.2) is 18.2 Å². The first-order valence-corrected chi connectivity index (χ1v) is 4.38. The van der Waals surface area contributed by atoms with Gasteiger partial charge in [0.05, 0.1) is 0 Å². The van der Waals surface area contributed by atoms with Crippen molar-refractivity contribution in [2.45, 2.75) is 6.92 Å². The number of carboxylic acid groups (broad SMARTS) is 1. The molecule has 82 valence electrons. The van der Waals surface area contributed by atoms with Gasteiger partial charge in [-0.1, -0.05) is 6.07 Å². The lowest BCUT2D eigenvalue weighted by atomic mass is 10.3. The summed E-state index contributed by atoms with van der Waals surface area (Å²) in [6.45, 7) is 2.14. The van der Waals surface area contributed by atoms with Crippen molar-refractivity contribution in [3.8, 4) is 17.2 Å². The van der Waals surface area contributed by atoms with Crippen LogP contribution in [0.25, 0.3) is 0 Å². The van der Waals surface area contributed by atoms with E-state index in [4.69, 9.17) is 19.4 Å². The summed E-state index contributed by atoms with van der Waals surface area (Å²) >= 11 is 0. The van der Waals surface area contributed by atoms with Crippen LogP contribution in [-0.4, -0.2) is 29.4 Å². The van der Waals surface area contributed by atoms with Crippen molar-refractivity contribution in [2.24, 2.45) is 0 Å². The summed E-state index contributed by atoms with van der Waals surface area (Å²) in [6.07, 6.45) is 0. The number of aliphatic carboxylic acids is 1. The first kappa shape index (κ1) is 11.2. The molecule has 0 bridgehead atoms. The Morgan fingerprint density at radius 1 is 1.33 bits per heavy atom. The van der Waals surface area contributed by atoms with Gasteiger partial charge in [-0.05, 0) is 12.1 Å². The largest absolute Gasteiger partial charge is 0.504 e. The van der Waals surface area contributed by atoms with Crippen molar-refractivity contribution in [3.05, 3.63) is 18.2 Å². The second-order valence-electron chi connectivity index (χ2n) is 2.82. The van der Waals surface area contributed by atoms with Crippen LogP contribution >= 0.6 is 0 Å². The molecule has 5 nitrogen and oxygen atoms in total. The molecule has 1 aliphatic heterocycles. The second kappa shape index (κ2) is 5.09. The van der Waals surface area contributed by atoms with E-state index in [1.165, 1.54) is 0 Å². The van der Waals surface area contributed by atoms with Crippen molar-refractivity contribution in [3.63, 3.8) is 0 Å². The Bertz CT molecular complexity index is 344. The molecule has 0 aliphatic carbocycles. The third-order valence-electron chi connectivity index (χ3n) is 1.55. The second-order valence-corrected chi connectivity index (χ2v) is 2.82. The number of carboxylic acids is 1. The standard InChI is InChI=1S/C8H8O3.C2H4O2/c9-6-2-1-3-7-8(6)11-5-4-10-7;1-2(3)4/h1-3,9H,4-5H2;1H3,(H,3,4). The van der Waals surface area contributed by atoms with Crippen LogP contribution in [0, 0.1) is 0 Å². The number of phenolic OH excluding ortho intramolecular Hbond substituents is 1. The minimum Gasteiger partial charge on any atom is -0.504 e. The van der Waals surface area contributed by atoms with E-state index < -0.39 is 5.97 Å². The highest BCUT2D eigenvalue weighted by Gasteiger charge is 2.13. The maximum Gasteiger partial charge on any atom is 0.300 e. The van der Waals surface area contributed by atoms with E-state index in [0.29, 0.717) is 24.7 Å². The number of carbonyl (C=O) groups is 1. The summed E-state index contributed by atoms with van der Waals surface area (Å²) in [5.74, 6) is 0.386. The topological polar surface area (TPSA) is 76.0 Å². The van der Waals surface area contributed by atoms with Gasteiger partial charge < -0.3 is 19.7 Å². The number of para-hydroxylation sites is 1. The fraction of sp³-hybridized carbons (Fsp3) is 0.300. The van der Waals surface area contributed by atoms with Gasteiger partial charge in [0.25, 0.3) is 5.97 Å². The molecule has 0 spiro atoms. The van der Waals surface area contributed by atoms with E-state index in [-0.39, 0.29) is 5.75 Å². The lowest BCUT2D eigenvalue weighted by molar-refractivity contribution is -0.134. The van der Waals surface area contributed by atoms with Crippen LogP contribution in [0.1, 0.15) is 6.92 Å². The van der Waals surface area contributed by atoms with Gasteiger partial charge in [-0.25, -0.2) is 0 Å². The minimum absolute atomic E-state index is 0.141. The van der Waals surface area contributed by atoms with Crippen molar-refractivity contribution >= 4 is 5.97 Å². The molecule has 5 heteroatoms. The molecule has 0 unspecified atom stereocenters. The Hall–Kier alpha value is -1.91. The molecule has 1 aromatic carbocycles. The lowest BCUT2D eigenvalue weighted by Gasteiger charge is -2.18. The Balaban J connectivity index is 0.000000245. The summed E-state index contributed by atoms with van der Waals surface area (Å²) < 4.78 is 10.4. The molecule has 1 heterocycles. The number of hydrogen-bond donors (Lipinski definition) is 2. The van der Waals surface area contributed by atoms with Crippen LogP contribution in [0.5, 0.6) is 17.2 Å². The van der Waals surface area contributed by atoms with Gasteiger partial charge in [0.15, 0.2) is 11.5 Å². The Morgan fingerprint density at radius 2 is 1.93 bits per heavy atom. The molecule has 15 heavy (non-hydrogen) atoms. The molecule has 0 fully saturated rings. The predicted molar refractivity (Wildman–Crippen MR) is 52.4 cm³/mol. The molecule has 0 amide bonds. The highest BCUT2D eigenvalue weighted by Crippen LogP contribution is 2.37. The number of phenols is 1. The van der Waals surface area contributed by atoms with Gasteiger partial charge in [0, 0.05) is 6.92 Å². The zero-order chi connectivity index (χ0) is 11.3. The maximum absolute atomic E-state index is 9.25. The van der Waals surface area contributed by atoms with Crippen molar-refractivity contribution < 1.29 is 24.5 Å². The SMILES string of the molecule is CC(=O)O.Oc1cccc2c1OCCO2. The lowest BCUT2D eigenvalue weighted by Crippen LogP contribution is -2.15. The number of benzene rings is 1. The smallest absolute Gasteiger partial charge is 0.300 e. The quantitative estimate of drug-likeness (QED) is 0.677. The molecular formula is C10H12O5. The molecule has 0 radical (unpaired) electrons. The van der Waals surface area contributed by atoms with Gasteiger partial charge >= 0.3 is 0 Å². The van der Waals surface area contributed by atoms with E-state index in [9.17, 15) is 5.11 Å². The van der Waals surface area contributed by atoms with Gasteiger partial charge in [-0.2, -0.15) is 0 Å². The van der Waals surface area contributed by atoms with Gasteiger partial charge in [0.2, 0.25) is 5.75 Å². The van der Waals surface area contributed by atoms with Crippen molar-refractivity contribution in [1.29, 1.82) is 0 Å². The summed E-state index contributed by atoms with van der Waals surface area (Å²) in [7, 11) is 0. The molecule has 1 aromatic rings. The normalized spacial score (nSPS) is 12.3. The number of fused-ring (bicyclic) bond motifs is 1. The van der Waals surface area contributed by atoms with Crippen molar-refractivity contribution in [1.82, 2.24) is 0 Å². The van der Waals surface area contributed by atoms with E-state index >= 15 is 0 Å². The first-order valence-electron chi connectivity index (χ1n) is 4.38. The zero-order valence-electron chi connectivity index (χ0n) is 8.27. The highest BCUT2D eigenvalue weighted by atomic mass is 16.6. The fourth-order valence-electron chi connectivity index (χ4n) is 1.06. The number of hydrogen-bond acceptors (Lipinski definition) is 4. The minimum atomic E-state index is -0.833. The third-order valence-corrected chi connectivity index (χ3v) is 1.55. The average Bonchev–Trinajstić information content (AvgIpc) is 2.18. The molecular weight excluding hydrogens is 200 g/mol. The van der Waals surface area contributed by atoms with Crippen LogP contribution in [-0.2, 0) is 4.79 Å². The molecule has 1 aliphatic rings. The summed E-state index contributed by atoms with van der Waals surface area (Å²) in [6, 6.07) is 5.07. The van der Waals surface area contributed by atoms with Crippen LogP contribution in [0.3, 0.4) is 0 Å². The van der Waals surface area contributed by atoms with Gasteiger partial charge in [-0.3, -0.25) is 4.79 Å².